The molecule has 0 atom stereocenters. The maximum absolute atomic E-state index is 13.4. The fraction of sp³-hybridized carbons (Fsp3) is 0.217. The summed E-state index contributed by atoms with van der Waals surface area (Å²) < 4.78 is 74.2. The molecule has 0 radical (unpaired) electrons. The number of ether oxygens (including phenoxy) is 1. The number of fused-ring (bicyclic) bond motifs is 1. The lowest BCUT2D eigenvalue weighted by Gasteiger charge is -2.28. The van der Waals surface area contributed by atoms with Crippen molar-refractivity contribution in [1.82, 2.24) is 4.31 Å². The van der Waals surface area contributed by atoms with Crippen LogP contribution in [0.15, 0.2) is 70.5 Å². The maximum atomic E-state index is 13.4. The predicted octanol–water partition coefficient (Wildman–Crippen LogP) is 3.69. The van der Waals surface area contributed by atoms with Gasteiger partial charge in [-0.1, -0.05) is 6.07 Å². The van der Waals surface area contributed by atoms with Crippen molar-refractivity contribution in [1.29, 1.82) is 0 Å². The summed E-state index contributed by atoms with van der Waals surface area (Å²) in [7, 11) is -6.16. The number of nitrogens with zero attached hydrogens (tertiary/aromatic N) is 1. The minimum Gasteiger partial charge on any atom is -0.497 e. The molecular formula is C23H23FN2O5S2. The standard InChI is InChI=1S/C23H23FN2O5S2/c1-16-13-19(24)4-10-23(16)32(27,28)25-20-5-3-17-11-12-26(15-18(17)14-20)33(29,30)22-8-6-21(31-2)7-9-22/h3-10,13-14,25H,11-12,15H2,1-2H3. The number of anilines is 1. The Kier molecular flexibility index (Phi) is 6.17. The van der Waals surface area contributed by atoms with Crippen molar-refractivity contribution in [2.24, 2.45) is 0 Å². The molecule has 0 unspecified atom stereocenters. The van der Waals surface area contributed by atoms with Crippen LogP contribution in [0.25, 0.3) is 0 Å². The molecule has 3 aromatic carbocycles. The molecule has 0 fully saturated rings. The molecule has 7 nitrogen and oxygen atoms in total. The van der Waals surface area contributed by atoms with Crippen LogP contribution in [0.3, 0.4) is 0 Å². The summed E-state index contributed by atoms with van der Waals surface area (Å²) in [6.45, 7) is 1.96. The Balaban J connectivity index is 1.58. The van der Waals surface area contributed by atoms with Crippen LogP contribution < -0.4 is 9.46 Å². The number of benzene rings is 3. The number of halogens is 1. The van der Waals surface area contributed by atoms with Gasteiger partial charge < -0.3 is 4.74 Å². The minimum atomic E-state index is -3.94. The van der Waals surface area contributed by atoms with E-state index in [-0.39, 0.29) is 21.9 Å². The van der Waals surface area contributed by atoms with Crippen molar-refractivity contribution in [3.63, 3.8) is 0 Å². The van der Waals surface area contributed by atoms with Crippen LogP contribution in [0.1, 0.15) is 16.7 Å². The normalized spacial score (nSPS) is 14.5. The molecule has 1 heterocycles. The summed E-state index contributed by atoms with van der Waals surface area (Å²) in [5, 5.41) is 0. The first kappa shape index (κ1) is 23.2. The largest absolute Gasteiger partial charge is 0.497 e. The van der Waals surface area contributed by atoms with E-state index < -0.39 is 25.9 Å². The van der Waals surface area contributed by atoms with Gasteiger partial charge in [-0.2, -0.15) is 4.31 Å². The zero-order chi connectivity index (χ0) is 23.8. The van der Waals surface area contributed by atoms with Crippen molar-refractivity contribution < 1.29 is 26.0 Å². The lowest BCUT2D eigenvalue weighted by molar-refractivity contribution is 0.391. The molecule has 1 aliphatic heterocycles. The highest BCUT2D eigenvalue weighted by molar-refractivity contribution is 7.92. The molecule has 4 rings (SSSR count). The molecule has 1 aliphatic rings. The molecule has 0 amide bonds. The lowest BCUT2D eigenvalue weighted by Crippen LogP contribution is -2.36. The summed E-state index contributed by atoms with van der Waals surface area (Å²) in [4.78, 5) is 0.140. The quantitative estimate of drug-likeness (QED) is 0.569. The fourth-order valence-corrected chi connectivity index (χ4v) is 6.52. The van der Waals surface area contributed by atoms with Gasteiger partial charge in [0.1, 0.15) is 11.6 Å². The molecule has 0 saturated heterocycles. The highest BCUT2D eigenvalue weighted by atomic mass is 32.2. The minimum absolute atomic E-state index is 0.0228. The van der Waals surface area contributed by atoms with Crippen LogP contribution in [-0.4, -0.2) is 34.8 Å². The van der Waals surface area contributed by atoms with E-state index in [1.807, 2.05) is 0 Å². The third kappa shape index (κ3) is 4.73. The number of hydrogen-bond donors (Lipinski definition) is 1. The maximum Gasteiger partial charge on any atom is 0.262 e. The molecule has 1 N–H and O–H groups in total. The zero-order valence-electron chi connectivity index (χ0n) is 18.1. The first-order valence-electron chi connectivity index (χ1n) is 10.1. The second-order valence-electron chi connectivity index (χ2n) is 7.76. The van der Waals surface area contributed by atoms with E-state index in [1.54, 1.807) is 30.3 Å². The van der Waals surface area contributed by atoms with Crippen molar-refractivity contribution in [2.45, 2.75) is 29.7 Å². The van der Waals surface area contributed by atoms with Crippen molar-refractivity contribution in [2.75, 3.05) is 18.4 Å². The summed E-state index contributed by atoms with van der Waals surface area (Å²) in [6.07, 6.45) is 0.509. The lowest BCUT2D eigenvalue weighted by atomic mass is 10.0. The van der Waals surface area contributed by atoms with E-state index in [1.165, 1.54) is 36.5 Å². The third-order valence-electron chi connectivity index (χ3n) is 5.56. The van der Waals surface area contributed by atoms with Gasteiger partial charge in [0.25, 0.3) is 10.0 Å². The highest BCUT2D eigenvalue weighted by Gasteiger charge is 2.29. The molecule has 0 spiro atoms. The number of methoxy groups -OCH3 is 1. The Bertz CT molecular complexity index is 1410. The first-order chi connectivity index (χ1) is 15.6. The number of sulfonamides is 2. The van der Waals surface area contributed by atoms with Crippen LogP contribution in [0, 0.1) is 12.7 Å². The second-order valence-corrected chi connectivity index (χ2v) is 11.4. The monoisotopic (exact) mass is 490 g/mol. The smallest absolute Gasteiger partial charge is 0.262 e. The van der Waals surface area contributed by atoms with Gasteiger partial charge in [-0.05, 0) is 84.6 Å². The molecule has 0 saturated carbocycles. The molecule has 174 valence electrons. The van der Waals surface area contributed by atoms with E-state index in [0.717, 1.165) is 23.3 Å². The summed E-state index contributed by atoms with van der Waals surface area (Å²) in [6, 6.07) is 14.7. The SMILES string of the molecule is COc1ccc(S(=O)(=O)N2CCc3ccc(NS(=O)(=O)c4ccc(F)cc4C)cc3C2)cc1. The van der Waals surface area contributed by atoms with Crippen LogP contribution in [0.5, 0.6) is 5.75 Å². The van der Waals surface area contributed by atoms with Crippen molar-refractivity contribution in [3.05, 3.63) is 83.2 Å². The Labute approximate surface area is 192 Å². The van der Waals surface area contributed by atoms with Gasteiger partial charge in [0.05, 0.1) is 16.9 Å². The zero-order valence-corrected chi connectivity index (χ0v) is 19.7. The Morgan fingerprint density at radius 1 is 0.939 bits per heavy atom. The van der Waals surface area contributed by atoms with Crippen LogP contribution in [0.4, 0.5) is 10.1 Å². The van der Waals surface area contributed by atoms with Gasteiger partial charge in [-0.3, -0.25) is 4.72 Å². The Morgan fingerprint density at radius 3 is 2.33 bits per heavy atom. The van der Waals surface area contributed by atoms with E-state index in [0.29, 0.717) is 24.4 Å². The van der Waals surface area contributed by atoms with Crippen molar-refractivity contribution >= 4 is 25.7 Å². The number of hydrogen-bond acceptors (Lipinski definition) is 5. The van der Waals surface area contributed by atoms with E-state index in [4.69, 9.17) is 4.74 Å². The topological polar surface area (TPSA) is 92.8 Å². The van der Waals surface area contributed by atoms with Crippen LogP contribution in [-0.2, 0) is 33.0 Å². The van der Waals surface area contributed by atoms with Crippen LogP contribution in [0.2, 0.25) is 0 Å². The molecule has 0 aliphatic carbocycles. The van der Waals surface area contributed by atoms with Gasteiger partial charge in [-0.15, -0.1) is 0 Å². The van der Waals surface area contributed by atoms with Gasteiger partial charge in [-0.25, -0.2) is 21.2 Å². The van der Waals surface area contributed by atoms with Gasteiger partial charge in [0.15, 0.2) is 0 Å². The van der Waals surface area contributed by atoms with Crippen LogP contribution >= 0.6 is 0 Å². The van der Waals surface area contributed by atoms with Crippen molar-refractivity contribution in [3.8, 4) is 5.75 Å². The van der Waals surface area contributed by atoms with E-state index in [2.05, 4.69) is 4.72 Å². The number of rotatable bonds is 6. The molecule has 0 aromatic heterocycles. The van der Waals surface area contributed by atoms with Gasteiger partial charge in [0, 0.05) is 18.8 Å². The summed E-state index contributed by atoms with van der Waals surface area (Å²) in [5.74, 6) is 0.0460. The fourth-order valence-electron chi connectivity index (χ4n) is 3.82. The summed E-state index contributed by atoms with van der Waals surface area (Å²) in [5.41, 5.74) is 2.27. The molecule has 33 heavy (non-hydrogen) atoms. The predicted molar refractivity (Wildman–Crippen MR) is 123 cm³/mol. The average Bonchev–Trinajstić information content (AvgIpc) is 2.78. The molecule has 0 bridgehead atoms. The molecule has 3 aromatic rings. The van der Waals surface area contributed by atoms with E-state index >= 15 is 0 Å². The molecular weight excluding hydrogens is 467 g/mol. The van der Waals surface area contributed by atoms with Gasteiger partial charge in [0.2, 0.25) is 10.0 Å². The number of nitrogens with one attached hydrogen (secondary N) is 1. The highest BCUT2D eigenvalue weighted by Crippen LogP contribution is 2.29. The molecule has 10 heteroatoms. The first-order valence-corrected chi connectivity index (χ1v) is 13.1. The van der Waals surface area contributed by atoms with E-state index in [9.17, 15) is 21.2 Å². The Hall–Kier alpha value is -2.95. The third-order valence-corrected chi connectivity index (χ3v) is 8.96. The second kappa shape index (κ2) is 8.77. The number of aryl methyl sites for hydroxylation is 1. The Morgan fingerprint density at radius 2 is 1.67 bits per heavy atom. The summed E-state index contributed by atoms with van der Waals surface area (Å²) >= 11 is 0. The van der Waals surface area contributed by atoms with Gasteiger partial charge >= 0.3 is 0 Å². The average molecular weight is 491 g/mol.